The zero-order valence-electron chi connectivity index (χ0n) is 11.4. The Balaban J connectivity index is 2.28. The van der Waals surface area contributed by atoms with Crippen molar-refractivity contribution in [3.63, 3.8) is 0 Å². The molecule has 1 aromatic carbocycles. The van der Waals surface area contributed by atoms with Gasteiger partial charge in [-0.3, -0.25) is 14.9 Å². The van der Waals surface area contributed by atoms with Crippen molar-refractivity contribution in [2.24, 2.45) is 5.92 Å². The van der Waals surface area contributed by atoms with E-state index >= 15 is 0 Å². The minimum Gasteiger partial charge on any atom is -0.396 e. The lowest BCUT2D eigenvalue weighted by molar-refractivity contribution is -0.385. The maximum atomic E-state index is 12.5. The number of aryl methyl sites for hydroxylation is 1. The minimum atomic E-state index is -0.528. The Hall–Kier alpha value is -1.95. The number of amides is 1. The molecule has 1 aliphatic heterocycles. The van der Waals surface area contributed by atoms with Crippen LogP contribution in [-0.2, 0) is 0 Å². The highest BCUT2D eigenvalue weighted by molar-refractivity contribution is 5.98. The molecule has 6 nitrogen and oxygen atoms in total. The zero-order chi connectivity index (χ0) is 14.7. The molecule has 1 atom stereocenters. The molecule has 0 aromatic heterocycles. The van der Waals surface area contributed by atoms with Crippen LogP contribution in [0.5, 0.6) is 0 Å². The van der Waals surface area contributed by atoms with Crippen LogP contribution in [0.4, 0.5) is 5.69 Å². The van der Waals surface area contributed by atoms with Crippen LogP contribution in [0.25, 0.3) is 0 Å². The molecule has 1 saturated heterocycles. The number of carbonyl (C=O) groups is 1. The molecule has 6 heteroatoms. The van der Waals surface area contributed by atoms with Gasteiger partial charge in [-0.15, -0.1) is 0 Å². The number of hydrogen-bond donors (Lipinski definition) is 1. The van der Waals surface area contributed by atoms with Gasteiger partial charge >= 0.3 is 0 Å². The molecule has 0 spiro atoms. The fourth-order valence-corrected chi connectivity index (χ4v) is 2.55. The van der Waals surface area contributed by atoms with E-state index in [2.05, 4.69) is 0 Å². The van der Waals surface area contributed by atoms with Gasteiger partial charge in [-0.2, -0.15) is 0 Å². The van der Waals surface area contributed by atoms with Crippen molar-refractivity contribution in [1.29, 1.82) is 0 Å². The first-order valence-corrected chi connectivity index (χ1v) is 6.68. The first-order valence-electron chi connectivity index (χ1n) is 6.68. The van der Waals surface area contributed by atoms with Crippen molar-refractivity contribution >= 4 is 11.6 Å². The van der Waals surface area contributed by atoms with Gasteiger partial charge in [-0.1, -0.05) is 6.07 Å². The van der Waals surface area contributed by atoms with E-state index in [9.17, 15) is 20.0 Å². The summed E-state index contributed by atoms with van der Waals surface area (Å²) in [5.74, 6) is -0.255. The second kappa shape index (κ2) is 6.00. The maximum Gasteiger partial charge on any atom is 0.282 e. The zero-order valence-corrected chi connectivity index (χ0v) is 11.4. The van der Waals surface area contributed by atoms with Gasteiger partial charge in [0.1, 0.15) is 5.56 Å². The highest BCUT2D eigenvalue weighted by Gasteiger charge is 2.28. The molecule has 1 heterocycles. The first kappa shape index (κ1) is 14.5. The Labute approximate surface area is 117 Å². The van der Waals surface area contributed by atoms with Gasteiger partial charge in [0.25, 0.3) is 11.6 Å². The highest BCUT2D eigenvalue weighted by atomic mass is 16.6. The van der Waals surface area contributed by atoms with E-state index in [1.165, 1.54) is 6.07 Å². The molecule has 0 radical (unpaired) electrons. The van der Waals surface area contributed by atoms with E-state index in [4.69, 9.17) is 0 Å². The molecular formula is C14H18N2O4. The highest BCUT2D eigenvalue weighted by Crippen LogP contribution is 2.24. The summed E-state index contributed by atoms with van der Waals surface area (Å²) in [6.45, 7) is 2.88. The number of aliphatic hydroxyl groups is 1. The van der Waals surface area contributed by atoms with Crippen LogP contribution in [0, 0.1) is 23.0 Å². The third kappa shape index (κ3) is 2.96. The van der Waals surface area contributed by atoms with E-state index in [0.29, 0.717) is 13.1 Å². The number of piperidine rings is 1. The van der Waals surface area contributed by atoms with Crippen LogP contribution in [0.15, 0.2) is 18.2 Å². The predicted molar refractivity (Wildman–Crippen MR) is 73.5 cm³/mol. The standard InChI is InChI=1S/C14H18N2O4/c1-10-4-5-13(16(19)20)12(7-10)14(18)15-6-2-3-11(8-15)9-17/h4-5,7,11,17H,2-3,6,8-9H2,1H3. The lowest BCUT2D eigenvalue weighted by atomic mass is 9.98. The lowest BCUT2D eigenvalue weighted by Gasteiger charge is -2.31. The second-order valence-corrected chi connectivity index (χ2v) is 5.22. The van der Waals surface area contributed by atoms with Crippen molar-refractivity contribution in [1.82, 2.24) is 4.90 Å². The van der Waals surface area contributed by atoms with Gasteiger partial charge < -0.3 is 10.0 Å². The quantitative estimate of drug-likeness (QED) is 0.674. The van der Waals surface area contributed by atoms with Gasteiger partial charge in [0.2, 0.25) is 0 Å². The Kier molecular flexibility index (Phi) is 4.34. The van der Waals surface area contributed by atoms with Crippen LogP contribution in [0.2, 0.25) is 0 Å². The Bertz CT molecular complexity index is 530. The Morgan fingerprint density at radius 1 is 1.55 bits per heavy atom. The van der Waals surface area contributed by atoms with Gasteiger partial charge in [0, 0.05) is 25.8 Å². The Morgan fingerprint density at radius 2 is 2.30 bits per heavy atom. The SMILES string of the molecule is Cc1ccc([N+](=O)[O-])c(C(=O)N2CCCC(CO)C2)c1. The summed E-state index contributed by atoms with van der Waals surface area (Å²) in [6, 6.07) is 4.56. The predicted octanol–water partition coefficient (Wildman–Crippen LogP) is 1.75. The average Bonchev–Trinajstić information content (AvgIpc) is 2.46. The van der Waals surface area contributed by atoms with Crippen molar-refractivity contribution < 1.29 is 14.8 Å². The van der Waals surface area contributed by atoms with Gasteiger partial charge in [0.05, 0.1) is 4.92 Å². The molecule has 108 valence electrons. The summed E-state index contributed by atoms with van der Waals surface area (Å²) in [5, 5.41) is 20.2. The number of nitro groups is 1. The molecule has 20 heavy (non-hydrogen) atoms. The number of nitro benzene ring substituents is 1. The molecule has 0 saturated carbocycles. The maximum absolute atomic E-state index is 12.5. The normalized spacial score (nSPS) is 18.9. The summed E-state index contributed by atoms with van der Waals surface area (Å²) in [7, 11) is 0. The molecule has 0 bridgehead atoms. The summed E-state index contributed by atoms with van der Waals surface area (Å²) < 4.78 is 0. The fourth-order valence-electron chi connectivity index (χ4n) is 2.55. The van der Waals surface area contributed by atoms with Crippen LogP contribution < -0.4 is 0 Å². The number of carbonyl (C=O) groups excluding carboxylic acids is 1. The van der Waals surface area contributed by atoms with Crippen LogP contribution in [0.3, 0.4) is 0 Å². The molecule has 1 amide bonds. The summed E-state index contributed by atoms with van der Waals surface area (Å²) >= 11 is 0. The van der Waals surface area contributed by atoms with Gasteiger partial charge in [-0.25, -0.2) is 0 Å². The summed E-state index contributed by atoms with van der Waals surface area (Å²) in [6.07, 6.45) is 1.70. The van der Waals surface area contributed by atoms with Gasteiger partial charge in [0.15, 0.2) is 0 Å². The van der Waals surface area contributed by atoms with Crippen LogP contribution in [-0.4, -0.2) is 40.5 Å². The molecule has 1 fully saturated rings. The summed E-state index contributed by atoms with van der Waals surface area (Å²) in [4.78, 5) is 24.6. The van der Waals surface area contributed by atoms with Crippen molar-refractivity contribution in [2.75, 3.05) is 19.7 Å². The summed E-state index contributed by atoms with van der Waals surface area (Å²) in [5.41, 5.74) is 0.787. The number of hydrogen-bond acceptors (Lipinski definition) is 4. The smallest absolute Gasteiger partial charge is 0.282 e. The number of nitrogens with zero attached hydrogens (tertiary/aromatic N) is 2. The topological polar surface area (TPSA) is 83.7 Å². The first-order chi connectivity index (χ1) is 9.52. The van der Waals surface area contributed by atoms with Crippen LogP contribution in [0.1, 0.15) is 28.8 Å². The van der Waals surface area contributed by atoms with Crippen LogP contribution >= 0.6 is 0 Å². The Morgan fingerprint density at radius 3 is 2.95 bits per heavy atom. The number of benzene rings is 1. The molecule has 1 N–H and O–H groups in total. The number of rotatable bonds is 3. The van der Waals surface area contributed by atoms with Gasteiger partial charge in [-0.05, 0) is 37.3 Å². The lowest BCUT2D eigenvalue weighted by Crippen LogP contribution is -2.41. The molecule has 1 unspecified atom stereocenters. The average molecular weight is 278 g/mol. The van der Waals surface area contributed by atoms with Crippen molar-refractivity contribution in [3.8, 4) is 0 Å². The molecule has 0 aliphatic carbocycles. The third-order valence-corrected chi connectivity index (χ3v) is 3.64. The van der Waals surface area contributed by atoms with E-state index in [0.717, 1.165) is 18.4 Å². The third-order valence-electron chi connectivity index (χ3n) is 3.64. The molecule has 2 rings (SSSR count). The van der Waals surface area contributed by atoms with E-state index in [-0.39, 0.29) is 29.7 Å². The molecule has 1 aliphatic rings. The van der Waals surface area contributed by atoms with Crippen molar-refractivity contribution in [3.05, 3.63) is 39.4 Å². The van der Waals surface area contributed by atoms with E-state index < -0.39 is 4.92 Å². The fraction of sp³-hybridized carbons (Fsp3) is 0.500. The number of likely N-dealkylation sites (tertiary alicyclic amines) is 1. The second-order valence-electron chi connectivity index (χ2n) is 5.22. The van der Waals surface area contributed by atoms with Crippen molar-refractivity contribution in [2.45, 2.75) is 19.8 Å². The molecule has 1 aromatic rings. The minimum absolute atomic E-state index is 0.0414. The molecular weight excluding hydrogens is 260 g/mol. The number of aliphatic hydroxyl groups excluding tert-OH is 1. The monoisotopic (exact) mass is 278 g/mol. The van der Waals surface area contributed by atoms with E-state index in [1.807, 2.05) is 0 Å². The largest absolute Gasteiger partial charge is 0.396 e. The van der Waals surface area contributed by atoms with E-state index in [1.54, 1.807) is 24.0 Å².